The maximum absolute atomic E-state index is 4.40. The minimum Gasteiger partial charge on any atom is -0.310 e. The Morgan fingerprint density at radius 2 is 2.12 bits per heavy atom. The summed E-state index contributed by atoms with van der Waals surface area (Å²) < 4.78 is 0. The molecule has 0 aliphatic carbocycles. The van der Waals surface area contributed by atoms with E-state index in [0.717, 1.165) is 18.6 Å². The first-order valence-electron chi connectivity index (χ1n) is 6.28. The third-order valence-corrected chi connectivity index (χ3v) is 3.72. The molecule has 0 saturated carbocycles. The Kier molecular flexibility index (Phi) is 4.37. The summed E-state index contributed by atoms with van der Waals surface area (Å²) in [6.07, 6.45) is 5.91. The quantitative estimate of drug-likeness (QED) is 0.872. The van der Waals surface area contributed by atoms with Crippen molar-refractivity contribution in [2.24, 2.45) is 0 Å². The van der Waals surface area contributed by atoms with Gasteiger partial charge in [0.25, 0.3) is 0 Å². The van der Waals surface area contributed by atoms with Crippen molar-refractivity contribution in [2.45, 2.75) is 37.9 Å². The summed E-state index contributed by atoms with van der Waals surface area (Å²) in [5.74, 6) is 0. The van der Waals surface area contributed by atoms with Crippen LogP contribution in [-0.2, 0) is 6.54 Å². The van der Waals surface area contributed by atoms with E-state index in [1.165, 1.54) is 38.0 Å². The number of aromatic nitrogens is 1. The molecular formula is C13H20ClN3. The van der Waals surface area contributed by atoms with E-state index in [0.29, 0.717) is 0 Å². The van der Waals surface area contributed by atoms with Gasteiger partial charge in [-0.2, -0.15) is 0 Å². The van der Waals surface area contributed by atoms with E-state index >= 15 is 0 Å². The summed E-state index contributed by atoms with van der Waals surface area (Å²) in [5.41, 5.74) is 1.19. The van der Waals surface area contributed by atoms with Crippen LogP contribution in [0, 0.1) is 0 Å². The van der Waals surface area contributed by atoms with E-state index in [2.05, 4.69) is 27.3 Å². The van der Waals surface area contributed by atoms with Gasteiger partial charge in [0.1, 0.15) is 0 Å². The molecule has 1 aromatic rings. The molecule has 17 heavy (non-hydrogen) atoms. The first-order valence-corrected chi connectivity index (χ1v) is 6.28. The van der Waals surface area contributed by atoms with Gasteiger partial charge < -0.3 is 5.32 Å². The molecule has 94 valence electrons. The minimum atomic E-state index is 0. The SMILES string of the molecule is Cl.c1ccc(CN2CCC3CCC(C2)N3)nc1. The molecule has 0 spiro atoms. The maximum Gasteiger partial charge on any atom is 0.0543 e. The molecule has 1 aromatic heterocycles. The Morgan fingerprint density at radius 1 is 1.24 bits per heavy atom. The van der Waals surface area contributed by atoms with Gasteiger partial charge in [0.05, 0.1) is 5.69 Å². The highest BCUT2D eigenvalue weighted by molar-refractivity contribution is 5.85. The third kappa shape index (κ3) is 3.18. The van der Waals surface area contributed by atoms with Crippen LogP contribution in [0.15, 0.2) is 24.4 Å². The summed E-state index contributed by atoms with van der Waals surface area (Å²) in [5, 5.41) is 3.71. The largest absolute Gasteiger partial charge is 0.310 e. The molecule has 2 saturated heterocycles. The first-order chi connectivity index (χ1) is 7.90. The maximum atomic E-state index is 4.40. The van der Waals surface area contributed by atoms with Crippen LogP contribution in [0.1, 0.15) is 25.0 Å². The zero-order chi connectivity index (χ0) is 10.8. The van der Waals surface area contributed by atoms with Crippen LogP contribution in [0.3, 0.4) is 0 Å². The molecule has 2 unspecified atom stereocenters. The molecule has 3 nitrogen and oxygen atoms in total. The van der Waals surface area contributed by atoms with Crippen molar-refractivity contribution < 1.29 is 0 Å². The highest BCUT2D eigenvalue weighted by Gasteiger charge is 2.29. The fraction of sp³-hybridized carbons (Fsp3) is 0.615. The summed E-state index contributed by atoms with van der Waals surface area (Å²) in [6, 6.07) is 7.67. The van der Waals surface area contributed by atoms with Crippen LogP contribution in [0.25, 0.3) is 0 Å². The second-order valence-electron chi connectivity index (χ2n) is 4.98. The number of nitrogens with one attached hydrogen (secondary N) is 1. The third-order valence-electron chi connectivity index (χ3n) is 3.72. The van der Waals surface area contributed by atoms with Gasteiger partial charge in [-0.15, -0.1) is 12.4 Å². The van der Waals surface area contributed by atoms with Crippen molar-refractivity contribution in [1.29, 1.82) is 0 Å². The molecule has 1 N–H and O–H groups in total. The van der Waals surface area contributed by atoms with Gasteiger partial charge in [0.2, 0.25) is 0 Å². The molecule has 0 amide bonds. The minimum absolute atomic E-state index is 0. The molecule has 4 heteroatoms. The number of hydrogen-bond acceptors (Lipinski definition) is 3. The van der Waals surface area contributed by atoms with Gasteiger partial charge in [0.15, 0.2) is 0 Å². The van der Waals surface area contributed by atoms with E-state index in [4.69, 9.17) is 0 Å². The number of rotatable bonds is 2. The zero-order valence-electron chi connectivity index (χ0n) is 10.0. The van der Waals surface area contributed by atoms with Crippen molar-refractivity contribution in [1.82, 2.24) is 15.2 Å². The van der Waals surface area contributed by atoms with Gasteiger partial charge in [-0.05, 0) is 31.4 Å². The smallest absolute Gasteiger partial charge is 0.0543 e. The van der Waals surface area contributed by atoms with E-state index in [-0.39, 0.29) is 12.4 Å². The zero-order valence-corrected chi connectivity index (χ0v) is 10.8. The van der Waals surface area contributed by atoms with E-state index in [1.807, 2.05) is 12.3 Å². The highest BCUT2D eigenvalue weighted by atomic mass is 35.5. The van der Waals surface area contributed by atoms with Crippen molar-refractivity contribution in [3.8, 4) is 0 Å². The molecule has 2 aliphatic heterocycles. The standard InChI is InChI=1S/C13H19N3.ClH/c1-2-7-14-12(3-1)9-16-8-6-11-4-5-13(10-16)15-11;/h1-3,7,11,13,15H,4-6,8-10H2;1H. The fourth-order valence-electron chi connectivity index (χ4n) is 2.88. The number of nitrogens with zero attached hydrogens (tertiary/aromatic N) is 2. The Bertz CT molecular complexity index is 344. The van der Waals surface area contributed by atoms with Gasteiger partial charge in [0, 0.05) is 37.9 Å². The van der Waals surface area contributed by atoms with Crippen LogP contribution in [0.4, 0.5) is 0 Å². The van der Waals surface area contributed by atoms with Gasteiger partial charge >= 0.3 is 0 Å². The lowest BCUT2D eigenvalue weighted by Gasteiger charge is -2.23. The van der Waals surface area contributed by atoms with E-state index in [9.17, 15) is 0 Å². The van der Waals surface area contributed by atoms with Crippen molar-refractivity contribution in [3.05, 3.63) is 30.1 Å². The van der Waals surface area contributed by atoms with Gasteiger partial charge in [-0.1, -0.05) is 6.07 Å². The normalized spacial score (nSPS) is 28.5. The second kappa shape index (κ2) is 5.80. The molecule has 3 heterocycles. The molecule has 0 aromatic carbocycles. The average molecular weight is 254 g/mol. The second-order valence-corrected chi connectivity index (χ2v) is 4.98. The van der Waals surface area contributed by atoms with Gasteiger partial charge in [-0.3, -0.25) is 9.88 Å². The molecular weight excluding hydrogens is 234 g/mol. The predicted octanol–water partition coefficient (Wildman–Crippen LogP) is 1.83. The number of fused-ring (bicyclic) bond motifs is 2. The lowest BCUT2D eigenvalue weighted by Crippen LogP contribution is -2.35. The number of pyridine rings is 1. The molecule has 2 fully saturated rings. The number of halogens is 1. The van der Waals surface area contributed by atoms with Crippen LogP contribution in [0.5, 0.6) is 0 Å². The Labute approximate surface area is 109 Å². The molecule has 3 rings (SSSR count). The molecule has 2 aliphatic rings. The number of likely N-dealkylation sites (tertiary alicyclic amines) is 1. The summed E-state index contributed by atoms with van der Waals surface area (Å²) in [6.45, 7) is 3.41. The predicted molar refractivity (Wildman–Crippen MR) is 71.3 cm³/mol. The van der Waals surface area contributed by atoms with Gasteiger partial charge in [-0.25, -0.2) is 0 Å². The topological polar surface area (TPSA) is 28.2 Å². The van der Waals surface area contributed by atoms with Crippen molar-refractivity contribution >= 4 is 12.4 Å². The average Bonchev–Trinajstić information content (AvgIpc) is 2.64. The lowest BCUT2D eigenvalue weighted by atomic mass is 10.1. The summed E-state index contributed by atoms with van der Waals surface area (Å²) in [7, 11) is 0. The van der Waals surface area contributed by atoms with Crippen molar-refractivity contribution in [3.63, 3.8) is 0 Å². The Hall–Kier alpha value is -0.640. The molecule has 2 atom stereocenters. The fourth-order valence-corrected chi connectivity index (χ4v) is 2.88. The summed E-state index contributed by atoms with van der Waals surface area (Å²) >= 11 is 0. The van der Waals surface area contributed by atoms with Crippen LogP contribution < -0.4 is 5.32 Å². The highest BCUT2D eigenvalue weighted by Crippen LogP contribution is 2.21. The number of hydrogen-bond donors (Lipinski definition) is 1. The van der Waals surface area contributed by atoms with Crippen LogP contribution >= 0.6 is 12.4 Å². The Balaban J connectivity index is 0.00000108. The first kappa shape index (κ1) is 12.8. The molecule has 0 radical (unpaired) electrons. The lowest BCUT2D eigenvalue weighted by molar-refractivity contribution is 0.248. The van der Waals surface area contributed by atoms with E-state index < -0.39 is 0 Å². The monoisotopic (exact) mass is 253 g/mol. The molecule has 2 bridgehead atoms. The van der Waals surface area contributed by atoms with Crippen molar-refractivity contribution in [2.75, 3.05) is 13.1 Å². The Morgan fingerprint density at radius 3 is 2.94 bits per heavy atom. The summed E-state index contributed by atoms with van der Waals surface area (Å²) in [4.78, 5) is 6.94. The van der Waals surface area contributed by atoms with Crippen LogP contribution in [0.2, 0.25) is 0 Å². The van der Waals surface area contributed by atoms with Crippen LogP contribution in [-0.4, -0.2) is 35.1 Å². The van der Waals surface area contributed by atoms with E-state index in [1.54, 1.807) is 0 Å².